The van der Waals surface area contributed by atoms with Crippen LogP contribution < -0.4 is 15.8 Å². The van der Waals surface area contributed by atoms with Crippen molar-refractivity contribution >= 4 is 11.6 Å². The van der Waals surface area contributed by atoms with Crippen LogP contribution in [0.3, 0.4) is 0 Å². The lowest BCUT2D eigenvalue weighted by molar-refractivity contribution is -0.125. The number of likely N-dealkylation sites (tertiary alicyclic amines) is 1. The first-order chi connectivity index (χ1) is 12.1. The largest absolute Gasteiger partial charge is 0.369 e. The van der Waals surface area contributed by atoms with Crippen LogP contribution in [-0.2, 0) is 11.8 Å². The molecule has 0 spiro atoms. The number of hydrogen-bond acceptors (Lipinski definition) is 5. The second-order valence-corrected chi connectivity index (χ2v) is 7.15. The smallest absolute Gasteiger partial charge is 0.268 e. The predicted molar refractivity (Wildman–Crippen MR) is 97.7 cm³/mol. The van der Waals surface area contributed by atoms with Crippen LogP contribution in [0.25, 0.3) is 0 Å². The number of rotatable bonds is 5. The number of aryl methyl sites for hydroxylation is 1. The lowest BCUT2D eigenvalue weighted by Gasteiger charge is -2.33. The Morgan fingerprint density at radius 1 is 1.24 bits per heavy atom. The van der Waals surface area contributed by atoms with E-state index < -0.39 is 0 Å². The highest BCUT2D eigenvalue weighted by Gasteiger charge is 2.26. The van der Waals surface area contributed by atoms with Gasteiger partial charge in [-0.2, -0.15) is 5.10 Å². The summed E-state index contributed by atoms with van der Waals surface area (Å²) in [6.07, 6.45) is 7.45. The second kappa shape index (κ2) is 8.47. The van der Waals surface area contributed by atoms with E-state index in [9.17, 15) is 9.59 Å². The fraction of sp³-hybridized carbons (Fsp3) is 0.722. The van der Waals surface area contributed by atoms with Crippen LogP contribution in [0.4, 0.5) is 5.69 Å². The summed E-state index contributed by atoms with van der Waals surface area (Å²) in [6.45, 7) is 5.51. The molecule has 2 fully saturated rings. The van der Waals surface area contributed by atoms with Crippen LogP contribution in [-0.4, -0.2) is 59.9 Å². The van der Waals surface area contributed by atoms with E-state index in [0.717, 1.165) is 51.3 Å². The molecule has 7 heteroatoms. The highest BCUT2D eigenvalue weighted by molar-refractivity contribution is 5.79. The van der Waals surface area contributed by atoms with Crippen LogP contribution in [0.2, 0.25) is 0 Å². The van der Waals surface area contributed by atoms with Crippen molar-refractivity contribution in [1.29, 1.82) is 0 Å². The molecule has 3 rings (SSSR count). The third kappa shape index (κ3) is 4.81. The SMILES string of the molecule is Cn1ncc(N2CCC[C@H](C(=O)NCCN3CCCCC3)C2)cc1=O. The number of carbonyl (C=O) groups is 1. The molecule has 0 aliphatic carbocycles. The Hall–Kier alpha value is -1.89. The Morgan fingerprint density at radius 3 is 2.80 bits per heavy atom. The fourth-order valence-corrected chi connectivity index (χ4v) is 3.72. The fourth-order valence-electron chi connectivity index (χ4n) is 3.72. The maximum absolute atomic E-state index is 12.5. The monoisotopic (exact) mass is 347 g/mol. The summed E-state index contributed by atoms with van der Waals surface area (Å²) in [5.74, 6) is 0.123. The molecule has 3 heterocycles. The van der Waals surface area contributed by atoms with Crippen LogP contribution in [0.15, 0.2) is 17.1 Å². The zero-order valence-corrected chi connectivity index (χ0v) is 15.1. The quantitative estimate of drug-likeness (QED) is 0.845. The number of hydrogen-bond donors (Lipinski definition) is 1. The third-order valence-corrected chi connectivity index (χ3v) is 5.29. The van der Waals surface area contributed by atoms with Crippen molar-refractivity contribution < 1.29 is 4.79 Å². The van der Waals surface area contributed by atoms with Crippen molar-refractivity contribution in [2.45, 2.75) is 32.1 Å². The number of nitrogens with zero attached hydrogens (tertiary/aromatic N) is 4. The van der Waals surface area contributed by atoms with Crippen molar-refractivity contribution in [3.8, 4) is 0 Å². The molecule has 2 aliphatic heterocycles. The topological polar surface area (TPSA) is 70.5 Å². The number of nitrogens with one attached hydrogen (secondary N) is 1. The molecule has 1 amide bonds. The highest BCUT2D eigenvalue weighted by atomic mass is 16.2. The minimum absolute atomic E-state index is 0.0147. The summed E-state index contributed by atoms with van der Waals surface area (Å²) in [7, 11) is 1.64. The van der Waals surface area contributed by atoms with Crippen molar-refractivity contribution in [3.05, 3.63) is 22.6 Å². The average Bonchev–Trinajstić information content (AvgIpc) is 2.65. The van der Waals surface area contributed by atoms with Crippen LogP contribution in [0.1, 0.15) is 32.1 Å². The normalized spacial score (nSPS) is 22.0. The summed E-state index contributed by atoms with van der Waals surface area (Å²) in [4.78, 5) is 28.8. The first-order valence-corrected chi connectivity index (χ1v) is 9.42. The van der Waals surface area contributed by atoms with E-state index in [-0.39, 0.29) is 17.4 Å². The van der Waals surface area contributed by atoms with Gasteiger partial charge in [-0.1, -0.05) is 6.42 Å². The molecule has 25 heavy (non-hydrogen) atoms. The van der Waals surface area contributed by atoms with E-state index in [1.807, 2.05) is 0 Å². The molecule has 7 nitrogen and oxygen atoms in total. The van der Waals surface area contributed by atoms with E-state index in [0.29, 0.717) is 6.54 Å². The summed E-state index contributed by atoms with van der Waals surface area (Å²) in [6, 6.07) is 1.60. The van der Waals surface area contributed by atoms with Gasteiger partial charge in [0.1, 0.15) is 0 Å². The molecular weight excluding hydrogens is 318 g/mol. The van der Waals surface area contributed by atoms with Gasteiger partial charge in [-0.3, -0.25) is 9.59 Å². The molecule has 0 radical (unpaired) electrons. The average molecular weight is 347 g/mol. The maximum atomic E-state index is 12.5. The summed E-state index contributed by atoms with van der Waals surface area (Å²) < 4.78 is 1.32. The van der Waals surface area contributed by atoms with E-state index >= 15 is 0 Å². The number of amides is 1. The molecular formula is C18H29N5O2. The molecule has 2 aliphatic rings. The number of piperidine rings is 2. The number of anilines is 1. The molecule has 0 aromatic carbocycles. The Bertz CT molecular complexity index is 639. The molecule has 1 N–H and O–H groups in total. The van der Waals surface area contributed by atoms with Crippen molar-refractivity contribution in [3.63, 3.8) is 0 Å². The van der Waals surface area contributed by atoms with Gasteiger partial charge in [0.15, 0.2) is 0 Å². The third-order valence-electron chi connectivity index (χ3n) is 5.29. The van der Waals surface area contributed by atoms with E-state index in [2.05, 4.69) is 20.2 Å². The predicted octanol–water partition coefficient (Wildman–Crippen LogP) is 0.599. The van der Waals surface area contributed by atoms with Gasteiger partial charge in [0.2, 0.25) is 5.91 Å². The second-order valence-electron chi connectivity index (χ2n) is 7.15. The summed E-state index contributed by atoms with van der Waals surface area (Å²) in [5.41, 5.74) is 0.694. The zero-order chi connectivity index (χ0) is 17.6. The van der Waals surface area contributed by atoms with E-state index in [1.54, 1.807) is 19.3 Å². The lowest BCUT2D eigenvalue weighted by Crippen LogP contribution is -2.45. The van der Waals surface area contributed by atoms with E-state index in [4.69, 9.17) is 0 Å². The van der Waals surface area contributed by atoms with E-state index in [1.165, 1.54) is 23.9 Å². The first kappa shape index (κ1) is 17.9. The molecule has 1 atom stereocenters. The van der Waals surface area contributed by atoms with Crippen LogP contribution in [0.5, 0.6) is 0 Å². The van der Waals surface area contributed by atoms with Crippen LogP contribution >= 0.6 is 0 Å². The number of carbonyl (C=O) groups excluding carboxylic acids is 1. The first-order valence-electron chi connectivity index (χ1n) is 9.42. The minimum Gasteiger partial charge on any atom is -0.369 e. The van der Waals surface area contributed by atoms with Gasteiger partial charge in [-0.05, 0) is 38.8 Å². The molecule has 0 unspecified atom stereocenters. The standard InChI is InChI=1S/C18H29N5O2/c1-21-17(24)12-16(13-20-21)23-10-5-6-15(14-23)18(25)19-7-11-22-8-3-2-4-9-22/h12-13,15H,2-11,14H2,1H3,(H,19,25)/t15-/m0/s1. The van der Waals surface area contributed by atoms with Crippen molar-refractivity contribution in [2.75, 3.05) is 44.2 Å². The molecule has 1 aromatic rings. The van der Waals surface area contributed by atoms with Gasteiger partial charge < -0.3 is 15.1 Å². The number of aromatic nitrogens is 2. The van der Waals surface area contributed by atoms with Gasteiger partial charge in [0.25, 0.3) is 5.56 Å². The zero-order valence-electron chi connectivity index (χ0n) is 15.1. The summed E-state index contributed by atoms with van der Waals surface area (Å²) >= 11 is 0. The summed E-state index contributed by atoms with van der Waals surface area (Å²) in [5, 5.41) is 7.18. The highest BCUT2D eigenvalue weighted by Crippen LogP contribution is 2.21. The maximum Gasteiger partial charge on any atom is 0.268 e. The molecule has 2 saturated heterocycles. The Balaban J connectivity index is 1.49. The minimum atomic E-state index is -0.120. The van der Waals surface area contributed by atoms with Gasteiger partial charge in [0.05, 0.1) is 17.8 Å². The van der Waals surface area contributed by atoms with Gasteiger partial charge in [-0.15, -0.1) is 0 Å². The molecule has 1 aromatic heterocycles. The molecule has 0 saturated carbocycles. The van der Waals surface area contributed by atoms with Gasteiger partial charge in [-0.25, -0.2) is 4.68 Å². The lowest BCUT2D eigenvalue weighted by atomic mass is 9.97. The van der Waals surface area contributed by atoms with Crippen molar-refractivity contribution in [1.82, 2.24) is 20.0 Å². The molecule has 0 bridgehead atoms. The van der Waals surface area contributed by atoms with Gasteiger partial charge in [0, 0.05) is 39.3 Å². The Labute approximate surface area is 149 Å². The Kier molecular flexibility index (Phi) is 6.07. The van der Waals surface area contributed by atoms with Crippen LogP contribution in [0, 0.1) is 5.92 Å². The molecule has 138 valence electrons. The Morgan fingerprint density at radius 2 is 2.04 bits per heavy atom. The van der Waals surface area contributed by atoms with Gasteiger partial charge >= 0.3 is 0 Å². The van der Waals surface area contributed by atoms with Crippen molar-refractivity contribution in [2.24, 2.45) is 13.0 Å².